The summed E-state index contributed by atoms with van der Waals surface area (Å²) in [5.41, 5.74) is 1.88. The molecule has 0 radical (unpaired) electrons. The van der Waals surface area contributed by atoms with Crippen LogP contribution in [0.15, 0.2) is 18.2 Å². The van der Waals surface area contributed by atoms with Crippen molar-refractivity contribution in [1.82, 2.24) is 0 Å². The van der Waals surface area contributed by atoms with Crippen molar-refractivity contribution in [2.24, 2.45) is 11.8 Å². The largest absolute Gasteiger partial charge is 0.496 e. The van der Waals surface area contributed by atoms with Gasteiger partial charge in [0.25, 0.3) is 0 Å². The molecule has 0 unspecified atom stereocenters. The third-order valence-electron chi connectivity index (χ3n) is 4.01. The predicted octanol–water partition coefficient (Wildman–Crippen LogP) is 4.01. The lowest BCUT2D eigenvalue weighted by Gasteiger charge is -2.25. The summed E-state index contributed by atoms with van der Waals surface area (Å²) in [6.45, 7) is 4.28. The van der Waals surface area contributed by atoms with Gasteiger partial charge in [0, 0.05) is 5.92 Å². The number of aryl methyl sites for hydroxylation is 1. The highest BCUT2D eigenvalue weighted by molar-refractivity contribution is 6.00. The Morgan fingerprint density at radius 3 is 2.50 bits per heavy atom. The number of methoxy groups -OCH3 is 1. The van der Waals surface area contributed by atoms with E-state index in [0.717, 1.165) is 35.6 Å². The van der Waals surface area contributed by atoms with Crippen LogP contribution in [0, 0.1) is 18.8 Å². The van der Waals surface area contributed by atoms with Crippen molar-refractivity contribution in [3.8, 4) is 5.75 Å². The molecule has 1 saturated carbocycles. The van der Waals surface area contributed by atoms with E-state index < -0.39 is 0 Å². The van der Waals surface area contributed by atoms with Crippen LogP contribution >= 0.6 is 0 Å². The molecular weight excluding hydrogens is 224 g/mol. The van der Waals surface area contributed by atoms with Gasteiger partial charge in [-0.3, -0.25) is 4.79 Å². The molecule has 0 bridgehead atoms. The Morgan fingerprint density at radius 2 is 1.89 bits per heavy atom. The van der Waals surface area contributed by atoms with Gasteiger partial charge >= 0.3 is 0 Å². The Morgan fingerprint density at radius 1 is 1.22 bits per heavy atom. The number of Topliss-reactive ketones (excluding diaryl/α,β-unsaturated/α-hetero) is 1. The van der Waals surface area contributed by atoms with E-state index in [4.69, 9.17) is 4.74 Å². The summed E-state index contributed by atoms with van der Waals surface area (Å²) in [7, 11) is 1.63. The molecule has 1 fully saturated rings. The van der Waals surface area contributed by atoms with Crippen molar-refractivity contribution in [2.75, 3.05) is 7.11 Å². The number of ketones is 1. The number of rotatable bonds is 3. The lowest BCUT2D eigenvalue weighted by molar-refractivity contribution is 0.0872. The molecule has 2 heteroatoms. The fraction of sp³-hybridized carbons (Fsp3) is 0.562. The fourth-order valence-electron chi connectivity index (χ4n) is 2.74. The Bertz CT molecular complexity index is 429. The second kappa shape index (κ2) is 5.55. The summed E-state index contributed by atoms with van der Waals surface area (Å²) < 4.78 is 5.34. The number of carbonyl (C=O) groups excluding carboxylic acids is 1. The van der Waals surface area contributed by atoms with Gasteiger partial charge in [-0.15, -0.1) is 0 Å². The van der Waals surface area contributed by atoms with E-state index in [-0.39, 0.29) is 11.7 Å². The molecule has 0 aromatic heterocycles. The van der Waals surface area contributed by atoms with Crippen molar-refractivity contribution >= 4 is 5.78 Å². The monoisotopic (exact) mass is 246 g/mol. The molecule has 0 saturated heterocycles. The van der Waals surface area contributed by atoms with E-state index in [0.29, 0.717) is 0 Å². The minimum Gasteiger partial charge on any atom is -0.496 e. The van der Waals surface area contributed by atoms with Gasteiger partial charge in [-0.25, -0.2) is 0 Å². The topological polar surface area (TPSA) is 26.3 Å². The van der Waals surface area contributed by atoms with Crippen LogP contribution in [0.25, 0.3) is 0 Å². The van der Waals surface area contributed by atoms with Gasteiger partial charge in [-0.1, -0.05) is 25.8 Å². The number of carbonyl (C=O) groups is 1. The average molecular weight is 246 g/mol. The van der Waals surface area contributed by atoms with Gasteiger partial charge in [-0.05, 0) is 43.4 Å². The van der Waals surface area contributed by atoms with Gasteiger partial charge in [0.1, 0.15) is 5.75 Å². The average Bonchev–Trinajstić information content (AvgIpc) is 2.38. The molecule has 1 aromatic rings. The Balaban J connectivity index is 2.18. The van der Waals surface area contributed by atoms with Crippen LogP contribution in [0.2, 0.25) is 0 Å². The Labute approximate surface area is 109 Å². The molecular formula is C16H22O2. The van der Waals surface area contributed by atoms with Gasteiger partial charge < -0.3 is 4.74 Å². The van der Waals surface area contributed by atoms with Crippen LogP contribution in [0.5, 0.6) is 5.75 Å². The summed E-state index contributed by atoms with van der Waals surface area (Å²) >= 11 is 0. The smallest absolute Gasteiger partial charge is 0.169 e. The Hall–Kier alpha value is -1.31. The van der Waals surface area contributed by atoms with Crippen molar-refractivity contribution in [1.29, 1.82) is 0 Å². The number of ether oxygens (including phenoxy) is 1. The molecule has 0 heterocycles. The minimum absolute atomic E-state index is 0.192. The normalized spacial score (nSPS) is 23.7. The van der Waals surface area contributed by atoms with Crippen LogP contribution in [0.1, 0.15) is 48.5 Å². The van der Waals surface area contributed by atoms with Crippen LogP contribution < -0.4 is 4.74 Å². The zero-order valence-corrected chi connectivity index (χ0v) is 11.5. The number of hydrogen-bond donors (Lipinski definition) is 0. The first-order chi connectivity index (χ1) is 8.61. The van der Waals surface area contributed by atoms with Crippen molar-refractivity contribution in [2.45, 2.75) is 39.5 Å². The summed E-state index contributed by atoms with van der Waals surface area (Å²) in [6.07, 6.45) is 4.39. The quantitative estimate of drug-likeness (QED) is 0.753. The van der Waals surface area contributed by atoms with E-state index in [2.05, 4.69) is 6.92 Å². The molecule has 0 atom stereocenters. The van der Waals surface area contributed by atoms with E-state index in [1.54, 1.807) is 7.11 Å². The zero-order chi connectivity index (χ0) is 13.1. The van der Waals surface area contributed by atoms with Crippen LogP contribution in [0.4, 0.5) is 0 Å². The van der Waals surface area contributed by atoms with Crippen molar-refractivity contribution in [3.63, 3.8) is 0 Å². The molecule has 2 nitrogen and oxygen atoms in total. The highest BCUT2D eigenvalue weighted by Crippen LogP contribution is 2.33. The predicted molar refractivity (Wildman–Crippen MR) is 73.2 cm³/mol. The van der Waals surface area contributed by atoms with Crippen molar-refractivity contribution < 1.29 is 9.53 Å². The SMILES string of the molecule is COc1cc(C)ccc1C(=O)C1CCC(C)CC1. The molecule has 0 aliphatic heterocycles. The van der Waals surface area contributed by atoms with E-state index in [9.17, 15) is 4.79 Å². The molecule has 18 heavy (non-hydrogen) atoms. The van der Waals surface area contributed by atoms with Crippen LogP contribution in [-0.2, 0) is 0 Å². The number of hydrogen-bond acceptors (Lipinski definition) is 2. The molecule has 98 valence electrons. The molecule has 2 rings (SSSR count). The second-order valence-corrected chi connectivity index (χ2v) is 5.52. The maximum Gasteiger partial charge on any atom is 0.169 e. The highest BCUT2D eigenvalue weighted by Gasteiger charge is 2.26. The molecule has 1 aromatic carbocycles. The third-order valence-corrected chi connectivity index (χ3v) is 4.01. The van der Waals surface area contributed by atoms with Gasteiger partial charge in [-0.2, -0.15) is 0 Å². The van der Waals surface area contributed by atoms with Gasteiger partial charge in [0.15, 0.2) is 5.78 Å². The van der Waals surface area contributed by atoms with E-state index in [1.165, 1.54) is 12.8 Å². The summed E-state index contributed by atoms with van der Waals surface area (Å²) in [6, 6.07) is 5.84. The number of benzene rings is 1. The van der Waals surface area contributed by atoms with Crippen molar-refractivity contribution in [3.05, 3.63) is 29.3 Å². The summed E-state index contributed by atoms with van der Waals surface area (Å²) in [4.78, 5) is 12.5. The molecule has 1 aliphatic rings. The fourth-order valence-corrected chi connectivity index (χ4v) is 2.74. The third kappa shape index (κ3) is 2.74. The van der Waals surface area contributed by atoms with E-state index in [1.807, 2.05) is 25.1 Å². The van der Waals surface area contributed by atoms with Crippen LogP contribution in [0.3, 0.4) is 0 Å². The maximum absolute atomic E-state index is 12.5. The first kappa shape index (κ1) is 13.1. The second-order valence-electron chi connectivity index (χ2n) is 5.52. The van der Waals surface area contributed by atoms with Crippen LogP contribution in [-0.4, -0.2) is 12.9 Å². The summed E-state index contributed by atoms with van der Waals surface area (Å²) in [5, 5.41) is 0. The van der Waals surface area contributed by atoms with E-state index >= 15 is 0 Å². The zero-order valence-electron chi connectivity index (χ0n) is 11.5. The maximum atomic E-state index is 12.5. The lowest BCUT2D eigenvalue weighted by atomic mass is 9.79. The first-order valence-electron chi connectivity index (χ1n) is 6.80. The van der Waals surface area contributed by atoms with Gasteiger partial charge in [0.05, 0.1) is 12.7 Å². The molecule has 0 spiro atoms. The Kier molecular flexibility index (Phi) is 4.05. The molecule has 1 aliphatic carbocycles. The minimum atomic E-state index is 0.192. The van der Waals surface area contributed by atoms with Gasteiger partial charge in [0.2, 0.25) is 0 Å². The highest BCUT2D eigenvalue weighted by atomic mass is 16.5. The first-order valence-corrected chi connectivity index (χ1v) is 6.80. The lowest BCUT2D eigenvalue weighted by Crippen LogP contribution is -2.21. The summed E-state index contributed by atoms with van der Waals surface area (Å²) in [5.74, 6) is 1.95. The standard InChI is InChI=1S/C16H22O2/c1-11-4-7-13(8-5-11)16(17)14-9-6-12(2)10-15(14)18-3/h6,9-11,13H,4-5,7-8H2,1-3H3. The molecule has 0 amide bonds. The molecule has 0 N–H and O–H groups in total.